The van der Waals surface area contributed by atoms with Crippen LogP contribution in [0.1, 0.15) is 11.1 Å². The van der Waals surface area contributed by atoms with Crippen molar-refractivity contribution in [2.24, 2.45) is 0 Å². The Morgan fingerprint density at radius 2 is 2.10 bits per heavy atom. The van der Waals surface area contributed by atoms with Crippen LogP contribution >= 0.6 is 27.5 Å². The molecular formula is C15H12BrClN2O. The second-order valence-corrected chi connectivity index (χ2v) is 6.03. The molecule has 2 aromatic carbocycles. The zero-order valence-corrected chi connectivity index (χ0v) is 12.9. The molecule has 1 heterocycles. The van der Waals surface area contributed by atoms with Gasteiger partial charge in [-0.25, -0.2) is 0 Å². The van der Waals surface area contributed by atoms with Crippen molar-refractivity contribution in [1.29, 1.82) is 0 Å². The monoisotopic (exact) mass is 350 g/mol. The van der Waals surface area contributed by atoms with E-state index < -0.39 is 0 Å². The fourth-order valence-corrected chi connectivity index (χ4v) is 3.08. The summed E-state index contributed by atoms with van der Waals surface area (Å²) < 4.78 is 0.903. The van der Waals surface area contributed by atoms with Crippen LogP contribution in [0.4, 0.5) is 11.4 Å². The highest BCUT2D eigenvalue weighted by Crippen LogP contribution is 2.34. The normalized spacial score (nSPS) is 13.7. The number of hydrogen-bond donors (Lipinski definition) is 1. The summed E-state index contributed by atoms with van der Waals surface area (Å²) in [6.07, 6.45) is 0.414. The SMILES string of the molecule is Nc1cccc(Br)c1CN1C(=O)Cc2ccc(Cl)cc21. The summed E-state index contributed by atoms with van der Waals surface area (Å²) in [5.41, 5.74) is 9.46. The van der Waals surface area contributed by atoms with Gasteiger partial charge in [0.1, 0.15) is 0 Å². The number of hydrogen-bond acceptors (Lipinski definition) is 2. The van der Waals surface area contributed by atoms with Crippen molar-refractivity contribution < 1.29 is 4.79 Å². The van der Waals surface area contributed by atoms with E-state index >= 15 is 0 Å². The predicted molar refractivity (Wildman–Crippen MR) is 84.9 cm³/mol. The van der Waals surface area contributed by atoms with Gasteiger partial charge in [0.25, 0.3) is 0 Å². The fourth-order valence-electron chi connectivity index (χ4n) is 2.40. The molecule has 3 rings (SSSR count). The van der Waals surface area contributed by atoms with Crippen LogP contribution in [-0.4, -0.2) is 5.91 Å². The molecule has 0 radical (unpaired) electrons. The third kappa shape index (κ3) is 2.30. The average Bonchev–Trinajstić information content (AvgIpc) is 2.70. The standard InChI is InChI=1S/C15H12BrClN2O/c16-12-2-1-3-13(18)11(12)8-19-14-7-10(17)5-4-9(14)6-15(19)20/h1-5,7H,6,8,18H2. The maximum absolute atomic E-state index is 12.2. The van der Waals surface area contributed by atoms with Gasteiger partial charge in [0.2, 0.25) is 5.91 Å². The van der Waals surface area contributed by atoms with Crippen molar-refractivity contribution in [3.63, 3.8) is 0 Å². The van der Waals surface area contributed by atoms with E-state index in [1.807, 2.05) is 36.4 Å². The van der Waals surface area contributed by atoms with Crippen LogP contribution in [0.5, 0.6) is 0 Å². The summed E-state index contributed by atoms with van der Waals surface area (Å²) in [7, 11) is 0. The van der Waals surface area contributed by atoms with Gasteiger partial charge in [-0.1, -0.05) is 39.7 Å². The van der Waals surface area contributed by atoms with E-state index in [2.05, 4.69) is 15.9 Å². The van der Waals surface area contributed by atoms with Gasteiger partial charge < -0.3 is 10.6 Å². The summed E-state index contributed by atoms with van der Waals surface area (Å²) in [6.45, 7) is 0.444. The van der Waals surface area contributed by atoms with E-state index in [1.165, 1.54) is 0 Å². The van der Waals surface area contributed by atoms with Crippen LogP contribution in [0.15, 0.2) is 40.9 Å². The first-order valence-corrected chi connectivity index (χ1v) is 7.35. The second-order valence-electron chi connectivity index (χ2n) is 4.74. The largest absolute Gasteiger partial charge is 0.398 e. The van der Waals surface area contributed by atoms with E-state index in [4.69, 9.17) is 17.3 Å². The van der Waals surface area contributed by atoms with Crippen LogP contribution in [0.2, 0.25) is 5.02 Å². The number of halogens is 2. The third-order valence-corrected chi connectivity index (χ3v) is 4.43. The highest BCUT2D eigenvalue weighted by molar-refractivity contribution is 9.10. The number of carbonyl (C=O) groups is 1. The molecular weight excluding hydrogens is 340 g/mol. The summed E-state index contributed by atoms with van der Waals surface area (Å²) in [4.78, 5) is 13.9. The number of rotatable bonds is 2. The minimum atomic E-state index is 0.0671. The zero-order chi connectivity index (χ0) is 14.3. The average molecular weight is 352 g/mol. The molecule has 3 nitrogen and oxygen atoms in total. The van der Waals surface area contributed by atoms with E-state index in [0.717, 1.165) is 21.3 Å². The molecule has 0 aromatic heterocycles. The number of nitrogens with two attached hydrogens (primary N) is 1. The molecule has 2 aromatic rings. The summed E-state index contributed by atoms with van der Waals surface area (Å²) in [6, 6.07) is 11.2. The number of nitrogen functional groups attached to an aromatic ring is 1. The highest BCUT2D eigenvalue weighted by Gasteiger charge is 2.28. The first kappa shape index (κ1) is 13.5. The number of fused-ring (bicyclic) bond motifs is 1. The van der Waals surface area contributed by atoms with Crippen molar-refractivity contribution in [2.75, 3.05) is 10.6 Å². The molecule has 0 spiro atoms. The molecule has 0 bridgehead atoms. The van der Waals surface area contributed by atoms with Gasteiger partial charge in [-0.05, 0) is 29.8 Å². The van der Waals surface area contributed by atoms with E-state index in [9.17, 15) is 4.79 Å². The summed E-state index contributed by atoms with van der Waals surface area (Å²) in [5, 5.41) is 0.628. The molecule has 1 aliphatic heterocycles. The van der Waals surface area contributed by atoms with Gasteiger partial charge in [0, 0.05) is 26.4 Å². The Hall–Kier alpha value is -1.52. The van der Waals surface area contributed by atoms with Crippen molar-refractivity contribution in [1.82, 2.24) is 0 Å². The molecule has 2 N–H and O–H groups in total. The molecule has 0 fully saturated rings. The number of benzene rings is 2. The number of nitrogens with zero attached hydrogens (tertiary/aromatic N) is 1. The van der Waals surface area contributed by atoms with Crippen LogP contribution in [0, 0.1) is 0 Å². The minimum Gasteiger partial charge on any atom is -0.398 e. The molecule has 1 amide bonds. The number of amides is 1. The lowest BCUT2D eigenvalue weighted by atomic mass is 10.1. The van der Waals surface area contributed by atoms with E-state index in [1.54, 1.807) is 4.90 Å². The lowest BCUT2D eigenvalue weighted by Crippen LogP contribution is -2.26. The van der Waals surface area contributed by atoms with Crippen molar-refractivity contribution in [2.45, 2.75) is 13.0 Å². The lowest BCUT2D eigenvalue weighted by molar-refractivity contribution is -0.117. The minimum absolute atomic E-state index is 0.0671. The molecule has 102 valence electrons. The van der Waals surface area contributed by atoms with E-state index in [-0.39, 0.29) is 5.91 Å². The molecule has 20 heavy (non-hydrogen) atoms. The molecule has 0 saturated heterocycles. The Labute approximate surface area is 130 Å². The molecule has 1 aliphatic rings. The highest BCUT2D eigenvalue weighted by atomic mass is 79.9. The molecule has 0 unspecified atom stereocenters. The van der Waals surface area contributed by atoms with E-state index in [0.29, 0.717) is 23.7 Å². The van der Waals surface area contributed by atoms with Crippen LogP contribution < -0.4 is 10.6 Å². The summed E-state index contributed by atoms with van der Waals surface area (Å²) in [5.74, 6) is 0.0671. The van der Waals surface area contributed by atoms with Crippen molar-refractivity contribution >= 4 is 44.8 Å². The van der Waals surface area contributed by atoms with Crippen LogP contribution in [0.3, 0.4) is 0 Å². The Balaban J connectivity index is 2.00. The molecule has 0 aliphatic carbocycles. The Morgan fingerprint density at radius 3 is 2.85 bits per heavy atom. The fraction of sp³-hybridized carbons (Fsp3) is 0.133. The van der Waals surface area contributed by atoms with Crippen molar-refractivity contribution in [3.05, 3.63) is 57.0 Å². The number of carbonyl (C=O) groups excluding carboxylic acids is 1. The zero-order valence-electron chi connectivity index (χ0n) is 10.6. The maximum Gasteiger partial charge on any atom is 0.231 e. The molecule has 0 atom stereocenters. The van der Waals surface area contributed by atoms with Gasteiger partial charge in [0.05, 0.1) is 13.0 Å². The Kier molecular flexibility index (Phi) is 3.44. The van der Waals surface area contributed by atoms with Crippen molar-refractivity contribution in [3.8, 4) is 0 Å². The van der Waals surface area contributed by atoms with Gasteiger partial charge in [-0.15, -0.1) is 0 Å². The molecule has 0 saturated carbocycles. The lowest BCUT2D eigenvalue weighted by Gasteiger charge is -2.19. The van der Waals surface area contributed by atoms with Gasteiger partial charge >= 0.3 is 0 Å². The Morgan fingerprint density at radius 1 is 1.30 bits per heavy atom. The topological polar surface area (TPSA) is 46.3 Å². The second kappa shape index (κ2) is 5.11. The number of anilines is 2. The quantitative estimate of drug-likeness (QED) is 0.837. The molecule has 5 heteroatoms. The predicted octanol–water partition coefficient (Wildman–Crippen LogP) is 3.77. The van der Waals surface area contributed by atoms with Crippen LogP contribution in [0.25, 0.3) is 0 Å². The first-order valence-electron chi connectivity index (χ1n) is 6.18. The maximum atomic E-state index is 12.2. The smallest absolute Gasteiger partial charge is 0.231 e. The summed E-state index contributed by atoms with van der Waals surface area (Å²) >= 11 is 9.51. The van der Waals surface area contributed by atoms with Gasteiger partial charge in [0.15, 0.2) is 0 Å². The van der Waals surface area contributed by atoms with Crippen LogP contribution in [-0.2, 0) is 17.8 Å². The first-order chi connectivity index (χ1) is 9.56. The third-order valence-electron chi connectivity index (χ3n) is 3.45. The van der Waals surface area contributed by atoms with Gasteiger partial charge in [-0.3, -0.25) is 4.79 Å². The van der Waals surface area contributed by atoms with Gasteiger partial charge in [-0.2, -0.15) is 0 Å². The Bertz CT molecular complexity index is 682.